The number of hydrogen-bond acceptors (Lipinski definition) is 6. The molecular weight excluding hydrogens is 550 g/mol. The maximum absolute atomic E-state index is 13.6. The molecule has 37 heavy (non-hydrogen) atoms. The zero-order valence-electron chi connectivity index (χ0n) is 20.5. The van der Waals surface area contributed by atoms with Gasteiger partial charge in [0.25, 0.3) is 5.91 Å². The maximum atomic E-state index is 13.6. The first kappa shape index (κ1) is 24.9. The van der Waals surface area contributed by atoms with Crippen LogP contribution in [0.4, 0.5) is 10.8 Å². The Labute approximate surface area is 226 Å². The Morgan fingerprint density at radius 3 is 2.54 bits per heavy atom. The minimum absolute atomic E-state index is 0.222. The average molecular weight is 575 g/mol. The van der Waals surface area contributed by atoms with Crippen molar-refractivity contribution in [3.05, 3.63) is 98.8 Å². The number of nitrogens with one attached hydrogen (secondary N) is 1. The number of ether oxygens (including phenoxy) is 1. The van der Waals surface area contributed by atoms with Gasteiger partial charge < -0.3 is 9.15 Å². The van der Waals surface area contributed by atoms with E-state index in [9.17, 15) is 4.79 Å². The fraction of sp³-hybridized carbons (Fsp3) is 0.138. The zero-order chi connectivity index (χ0) is 25.9. The van der Waals surface area contributed by atoms with Gasteiger partial charge in [-0.05, 0) is 61.9 Å². The van der Waals surface area contributed by atoms with Crippen LogP contribution in [0.5, 0.6) is 5.75 Å². The molecular formula is C29H24BrN3O3S. The molecule has 2 heterocycles. The second-order valence-electron chi connectivity index (χ2n) is 8.42. The summed E-state index contributed by atoms with van der Waals surface area (Å²) in [5, 5.41) is 4.22. The summed E-state index contributed by atoms with van der Waals surface area (Å²) in [4.78, 5) is 24.1. The predicted molar refractivity (Wildman–Crippen MR) is 152 cm³/mol. The van der Waals surface area contributed by atoms with Gasteiger partial charge in [-0.15, -0.1) is 11.3 Å². The highest BCUT2D eigenvalue weighted by Gasteiger charge is 2.18. The van der Waals surface area contributed by atoms with E-state index in [2.05, 4.69) is 33.2 Å². The Balaban J connectivity index is 1.57. The van der Waals surface area contributed by atoms with Crippen LogP contribution in [0.25, 0.3) is 22.2 Å². The lowest BCUT2D eigenvalue weighted by atomic mass is 10.1. The van der Waals surface area contributed by atoms with Crippen molar-refractivity contribution in [3.63, 3.8) is 0 Å². The largest absolute Gasteiger partial charge is 0.497 e. The normalized spacial score (nSPS) is 11.6. The summed E-state index contributed by atoms with van der Waals surface area (Å²) >= 11 is 4.94. The van der Waals surface area contributed by atoms with Crippen LogP contribution in [-0.4, -0.2) is 18.0 Å². The molecule has 0 aliphatic rings. The number of fused-ring (bicyclic) bond motifs is 1. The summed E-state index contributed by atoms with van der Waals surface area (Å²) in [6.07, 6.45) is 0.804. The number of hydrogen-bond donors (Lipinski definition) is 1. The number of amides is 1. The van der Waals surface area contributed by atoms with Crippen molar-refractivity contribution in [1.82, 2.24) is 4.98 Å². The molecule has 2 aromatic heterocycles. The van der Waals surface area contributed by atoms with Crippen molar-refractivity contribution in [2.24, 2.45) is 4.99 Å². The molecule has 8 heteroatoms. The van der Waals surface area contributed by atoms with Gasteiger partial charge in [0, 0.05) is 20.3 Å². The summed E-state index contributed by atoms with van der Waals surface area (Å²) in [7, 11) is 1.60. The molecule has 5 aromatic rings. The van der Waals surface area contributed by atoms with Crippen molar-refractivity contribution in [2.45, 2.75) is 20.3 Å². The fourth-order valence-corrected chi connectivity index (χ4v) is 5.04. The van der Waals surface area contributed by atoms with Gasteiger partial charge in [-0.1, -0.05) is 52.7 Å². The first-order valence-corrected chi connectivity index (χ1v) is 13.3. The molecule has 1 N–H and O–H groups in total. The zero-order valence-corrected chi connectivity index (χ0v) is 22.9. The van der Waals surface area contributed by atoms with Gasteiger partial charge in [0.2, 0.25) is 5.55 Å². The number of methoxy groups -OCH3 is 1. The molecule has 1 amide bonds. The topological polar surface area (TPSA) is 76.7 Å². The van der Waals surface area contributed by atoms with Crippen LogP contribution in [-0.2, 0) is 6.42 Å². The molecule has 3 aromatic carbocycles. The van der Waals surface area contributed by atoms with Crippen LogP contribution in [0.2, 0.25) is 0 Å². The second kappa shape index (κ2) is 10.7. The minimum Gasteiger partial charge on any atom is -0.497 e. The van der Waals surface area contributed by atoms with Crippen molar-refractivity contribution < 1.29 is 13.9 Å². The van der Waals surface area contributed by atoms with Crippen LogP contribution in [0.15, 0.2) is 86.7 Å². The molecule has 0 saturated carbocycles. The van der Waals surface area contributed by atoms with Crippen LogP contribution >= 0.6 is 27.3 Å². The molecule has 0 bridgehead atoms. The van der Waals surface area contributed by atoms with E-state index < -0.39 is 0 Å². The number of rotatable bonds is 6. The third kappa shape index (κ3) is 5.50. The van der Waals surface area contributed by atoms with Gasteiger partial charge in [-0.25, -0.2) is 9.98 Å². The smallest absolute Gasteiger partial charge is 0.262 e. The molecule has 0 aliphatic carbocycles. The summed E-state index contributed by atoms with van der Waals surface area (Å²) in [6.45, 7) is 4.09. The molecule has 0 radical (unpaired) electrons. The van der Waals surface area contributed by atoms with Crippen molar-refractivity contribution >= 4 is 55.0 Å². The second-order valence-corrected chi connectivity index (χ2v) is 10.4. The quantitative estimate of drug-likeness (QED) is 0.226. The summed E-state index contributed by atoms with van der Waals surface area (Å²) in [5.74, 6) is 0.321. The van der Waals surface area contributed by atoms with Crippen molar-refractivity contribution in [3.8, 4) is 17.0 Å². The summed E-state index contributed by atoms with van der Waals surface area (Å²) in [5.41, 5.74) is 4.81. The van der Waals surface area contributed by atoms with Crippen LogP contribution < -0.4 is 15.6 Å². The van der Waals surface area contributed by atoms with Crippen molar-refractivity contribution in [1.29, 1.82) is 0 Å². The lowest BCUT2D eigenvalue weighted by molar-refractivity contribution is 0.102. The number of carbonyl (C=O) groups is 1. The van der Waals surface area contributed by atoms with E-state index in [1.807, 2.05) is 73.7 Å². The number of carbonyl (C=O) groups excluding carboxylic acids is 1. The summed E-state index contributed by atoms with van der Waals surface area (Å²) < 4.78 is 12.5. The van der Waals surface area contributed by atoms with E-state index in [0.717, 1.165) is 38.0 Å². The molecule has 0 aliphatic heterocycles. The number of anilines is 1. The van der Waals surface area contributed by atoms with Gasteiger partial charge in [0.1, 0.15) is 16.9 Å². The van der Waals surface area contributed by atoms with Crippen LogP contribution in [0.1, 0.15) is 27.7 Å². The Morgan fingerprint density at radius 1 is 1.08 bits per heavy atom. The molecule has 0 unspecified atom stereocenters. The van der Waals surface area contributed by atoms with Crippen molar-refractivity contribution in [2.75, 3.05) is 12.4 Å². The lowest BCUT2D eigenvalue weighted by Gasteiger charge is -2.07. The monoisotopic (exact) mass is 573 g/mol. The Kier molecular flexibility index (Phi) is 7.21. The van der Waals surface area contributed by atoms with E-state index in [1.54, 1.807) is 13.2 Å². The molecule has 186 valence electrons. The highest BCUT2D eigenvalue weighted by molar-refractivity contribution is 9.10. The third-order valence-corrected chi connectivity index (χ3v) is 7.46. The van der Waals surface area contributed by atoms with Gasteiger partial charge >= 0.3 is 0 Å². The molecule has 6 nitrogen and oxygen atoms in total. The first-order chi connectivity index (χ1) is 17.9. The molecule has 0 saturated heterocycles. The standard InChI is InChI=1S/C29H24BrN3O3S/c1-4-25-26(18-7-9-20(30)10-8-18)32-29(37-25)33-27(34)23-16-19-15-22(35-3)13-14-24(19)36-28(23)31-21-11-5-17(2)6-12-21/h5-16H,4H2,1-3H3,(H,32,33,34). The Hall–Kier alpha value is -3.75. The molecule has 5 rings (SSSR count). The van der Waals surface area contributed by atoms with Gasteiger partial charge in [0.15, 0.2) is 5.13 Å². The number of aryl methyl sites for hydroxylation is 2. The number of nitrogens with zero attached hydrogens (tertiary/aromatic N) is 2. The molecule has 0 fully saturated rings. The van der Waals surface area contributed by atoms with Gasteiger partial charge in [0.05, 0.1) is 18.5 Å². The number of thiazole rings is 1. The van der Waals surface area contributed by atoms with E-state index >= 15 is 0 Å². The van der Waals surface area contributed by atoms with Crippen LogP contribution in [0, 0.1) is 6.92 Å². The van der Waals surface area contributed by atoms with E-state index in [-0.39, 0.29) is 11.5 Å². The fourth-order valence-electron chi connectivity index (χ4n) is 3.86. The lowest BCUT2D eigenvalue weighted by Crippen LogP contribution is -2.21. The van der Waals surface area contributed by atoms with E-state index in [1.165, 1.54) is 11.3 Å². The van der Waals surface area contributed by atoms with Gasteiger partial charge in [-0.2, -0.15) is 0 Å². The number of benzene rings is 3. The van der Waals surface area contributed by atoms with Gasteiger partial charge in [-0.3, -0.25) is 10.1 Å². The molecule has 0 atom stereocenters. The number of halogens is 1. The first-order valence-electron chi connectivity index (χ1n) is 11.7. The molecule has 0 spiro atoms. The maximum Gasteiger partial charge on any atom is 0.262 e. The summed E-state index contributed by atoms with van der Waals surface area (Å²) in [6, 6.07) is 22.9. The SMILES string of the molecule is CCc1sc(NC(=O)c2cc3cc(OC)ccc3oc2=Nc2ccc(C)cc2)nc1-c1ccc(Br)cc1. The van der Waals surface area contributed by atoms with E-state index in [0.29, 0.717) is 27.7 Å². The minimum atomic E-state index is -0.349. The third-order valence-electron chi connectivity index (χ3n) is 5.82. The highest BCUT2D eigenvalue weighted by Crippen LogP contribution is 2.32. The Morgan fingerprint density at radius 2 is 1.84 bits per heavy atom. The number of aromatic nitrogens is 1. The Bertz CT molecular complexity index is 1660. The average Bonchev–Trinajstić information content (AvgIpc) is 3.32. The van der Waals surface area contributed by atoms with Crippen LogP contribution in [0.3, 0.4) is 0 Å². The highest BCUT2D eigenvalue weighted by atomic mass is 79.9. The van der Waals surface area contributed by atoms with E-state index in [4.69, 9.17) is 14.1 Å². The predicted octanol–water partition coefficient (Wildman–Crippen LogP) is 7.68.